The minimum atomic E-state index is 0.759. The third kappa shape index (κ3) is 6.60. The van der Waals surface area contributed by atoms with Crippen molar-refractivity contribution in [1.82, 2.24) is 0 Å². The Morgan fingerprint density at radius 1 is 0.561 bits per heavy atom. The summed E-state index contributed by atoms with van der Waals surface area (Å²) in [6, 6.07) is 59.5. The minimum Gasteiger partial charge on any atom is -0.457 e. The molecule has 0 saturated carbocycles. The molecule has 0 bridgehead atoms. The number of anilines is 2. The van der Waals surface area contributed by atoms with Gasteiger partial charge in [0.15, 0.2) is 0 Å². The molecule has 0 saturated heterocycles. The molecule has 0 radical (unpaired) electrons. The summed E-state index contributed by atoms with van der Waals surface area (Å²) in [5.41, 5.74) is 14.3. The normalized spacial score (nSPS) is 12.8. The molecule has 9 aromatic rings. The molecule has 2 aromatic heterocycles. The largest absolute Gasteiger partial charge is 0.457 e. The molecule has 0 aliphatic heterocycles. The average molecular weight is 734 g/mol. The number of fused-ring (bicyclic) bond motifs is 4. The molecule has 57 heavy (non-hydrogen) atoms. The molecule has 0 amide bonds. The molecular formula is C54H39NO2. The summed E-state index contributed by atoms with van der Waals surface area (Å²) in [5.74, 6) is 0.759. The van der Waals surface area contributed by atoms with Crippen molar-refractivity contribution in [2.45, 2.75) is 12.8 Å². The van der Waals surface area contributed by atoms with E-state index in [2.05, 4.69) is 181 Å². The van der Waals surface area contributed by atoms with Gasteiger partial charge in [-0.25, -0.2) is 0 Å². The molecule has 0 fully saturated rings. The van der Waals surface area contributed by atoms with Crippen LogP contribution < -0.4 is 4.90 Å². The summed E-state index contributed by atoms with van der Waals surface area (Å²) in [5, 5.41) is 3.12. The van der Waals surface area contributed by atoms with Crippen molar-refractivity contribution in [2.75, 3.05) is 4.90 Å². The number of rotatable bonds is 9. The van der Waals surface area contributed by atoms with Crippen molar-refractivity contribution in [3.8, 4) is 33.4 Å². The number of hydrogen-bond acceptors (Lipinski definition) is 3. The SMILES string of the molecule is C=C(/C=C\c1cc2ccc(-c3ccccc3)cc2o1)N(c1cccc(C2=CCCC=C2)c1)c1ccc(-c2ccccc2)c2oc3cc(-c4ccccc4)ccc3c12. The molecular weight excluding hydrogens is 695 g/mol. The summed E-state index contributed by atoms with van der Waals surface area (Å²) < 4.78 is 13.3. The third-order valence-electron chi connectivity index (χ3n) is 10.8. The van der Waals surface area contributed by atoms with Gasteiger partial charge >= 0.3 is 0 Å². The van der Waals surface area contributed by atoms with Crippen LogP contribution in [-0.2, 0) is 0 Å². The Morgan fingerprint density at radius 3 is 1.96 bits per heavy atom. The van der Waals surface area contributed by atoms with Crippen LogP contribution in [0.4, 0.5) is 11.4 Å². The van der Waals surface area contributed by atoms with Crippen molar-refractivity contribution in [3.05, 3.63) is 218 Å². The summed E-state index contributed by atoms with van der Waals surface area (Å²) in [4.78, 5) is 2.25. The molecule has 0 atom stereocenters. The zero-order valence-corrected chi connectivity index (χ0v) is 31.4. The molecule has 7 aromatic carbocycles. The predicted molar refractivity (Wildman–Crippen MR) is 239 cm³/mol. The fraction of sp³-hybridized carbons (Fsp3) is 0.0370. The number of allylic oxidation sites excluding steroid dienone is 5. The van der Waals surface area contributed by atoms with E-state index in [0.29, 0.717) is 0 Å². The van der Waals surface area contributed by atoms with E-state index in [1.165, 1.54) is 11.1 Å². The van der Waals surface area contributed by atoms with E-state index in [4.69, 9.17) is 15.4 Å². The molecule has 1 aliphatic carbocycles. The van der Waals surface area contributed by atoms with Gasteiger partial charge in [0.2, 0.25) is 0 Å². The lowest BCUT2D eigenvalue weighted by Crippen LogP contribution is -2.15. The molecule has 0 N–H and O–H groups in total. The van der Waals surface area contributed by atoms with Gasteiger partial charge in [0.1, 0.15) is 22.5 Å². The summed E-state index contributed by atoms with van der Waals surface area (Å²) in [6.45, 7) is 4.72. The van der Waals surface area contributed by atoms with E-state index in [0.717, 1.165) is 102 Å². The van der Waals surface area contributed by atoms with E-state index in [-0.39, 0.29) is 0 Å². The van der Waals surface area contributed by atoms with Gasteiger partial charge in [0.05, 0.1) is 11.1 Å². The number of nitrogens with zero attached hydrogens (tertiary/aromatic N) is 1. The van der Waals surface area contributed by atoms with Gasteiger partial charge in [-0.05, 0) is 112 Å². The Labute approximate surface area is 332 Å². The van der Waals surface area contributed by atoms with Crippen LogP contribution in [0.1, 0.15) is 24.2 Å². The third-order valence-corrected chi connectivity index (χ3v) is 10.8. The van der Waals surface area contributed by atoms with Gasteiger partial charge in [-0.2, -0.15) is 0 Å². The van der Waals surface area contributed by atoms with Crippen LogP contribution in [0.15, 0.2) is 215 Å². The topological polar surface area (TPSA) is 29.5 Å². The average Bonchev–Trinajstić information content (AvgIpc) is 3.88. The van der Waals surface area contributed by atoms with Crippen LogP contribution >= 0.6 is 0 Å². The fourth-order valence-electron chi connectivity index (χ4n) is 8.01. The lowest BCUT2D eigenvalue weighted by Gasteiger charge is -2.27. The van der Waals surface area contributed by atoms with Gasteiger partial charge in [-0.15, -0.1) is 0 Å². The lowest BCUT2D eigenvalue weighted by molar-refractivity contribution is 0.604. The lowest BCUT2D eigenvalue weighted by atomic mass is 9.97. The second-order valence-electron chi connectivity index (χ2n) is 14.5. The summed E-state index contributed by atoms with van der Waals surface area (Å²) in [6.07, 6.45) is 13.0. The van der Waals surface area contributed by atoms with Gasteiger partial charge in [-0.3, -0.25) is 0 Å². The first kappa shape index (κ1) is 34.2. The number of furan rings is 2. The molecule has 3 heteroatoms. The zero-order chi connectivity index (χ0) is 38.1. The predicted octanol–water partition coefficient (Wildman–Crippen LogP) is 15.4. The molecule has 10 rings (SSSR count). The van der Waals surface area contributed by atoms with E-state index in [9.17, 15) is 0 Å². The first-order valence-electron chi connectivity index (χ1n) is 19.5. The molecule has 0 spiro atoms. The maximum Gasteiger partial charge on any atom is 0.145 e. The highest BCUT2D eigenvalue weighted by atomic mass is 16.3. The monoisotopic (exact) mass is 733 g/mol. The highest BCUT2D eigenvalue weighted by Gasteiger charge is 2.23. The summed E-state index contributed by atoms with van der Waals surface area (Å²) >= 11 is 0. The van der Waals surface area contributed by atoms with E-state index in [1.54, 1.807) is 0 Å². The van der Waals surface area contributed by atoms with Gasteiger partial charge in [-0.1, -0.05) is 146 Å². The van der Waals surface area contributed by atoms with E-state index in [1.807, 2.05) is 24.3 Å². The van der Waals surface area contributed by atoms with Crippen LogP contribution in [0, 0.1) is 0 Å². The standard InChI is InChI=1S/C54H39NO2/c1-37(25-29-47-34-45-27-26-43(35-51(45)56-47)39-17-8-3-9-18-39)55(46-24-14-23-42(33-46)38-15-6-2-7-16-38)50-32-31-48(41-21-12-5-13-22-41)54-53(50)49-30-28-44(36-52(49)57-54)40-19-10-4-11-20-40/h3-6,8-36H,1-2,7H2/b29-25-. The first-order chi connectivity index (χ1) is 28.2. The Morgan fingerprint density at radius 2 is 1.25 bits per heavy atom. The molecule has 2 heterocycles. The van der Waals surface area contributed by atoms with Crippen molar-refractivity contribution < 1.29 is 8.83 Å². The second kappa shape index (κ2) is 14.7. The zero-order valence-electron chi connectivity index (χ0n) is 31.4. The van der Waals surface area contributed by atoms with Crippen molar-refractivity contribution in [1.29, 1.82) is 0 Å². The van der Waals surface area contributed by atoms with Crippen molar-refractivity contribution in [3.63, 3.8) is 0 Å². The molecule has 0 unspecified atom stereocenters. The van der Waals surface area contributed by atoms with Crippen LogP contribution in [0.5, 0.6) is 0 Å². The highest BCUT2D eigenvalue weighted by Crippen LogP contribution is 2.46. The van der Waals surface area contributed by atoms with Crippen LogP contribution in [0.25, 0.3) is 77.9 Å². The Hall–Kier alpha value is -7.36. The van der Waals surface area contributed by atoms with Crippen LogP contribution in [-0.4, -0.2) is 0 Å². The molecule has 272 valence electrons. The Kier molecular flexibility index (Phi) is 8.81. The molecule has 1 aliphatic rings. The Bertz CT molecular complexity index is 3020. The van der Waals surface area contributed by atoms with Gasteiger partial charge in [0.25, 0.3) is 0 Å². The maximum atomic E-state index is 6.92. The van der Waals surface area contributed by atoms with Crippen molar-refractivity contribution in [2.24, 2.45) is 0 Å². The highest BCUT2D eigenvalue weighted by molar-refractivity contribution is 6.17. The number of hydrogen-bond donors (Lipinski definition) is 0. The van der Waals surface area contributed by atoms with Gasteiger partial charge in [0, 0.05) is 27.7 Å². The fourth-order valence-corrected chi connectivity index (χ4v) is 8.01. The minimum absolute atomic E-state index is 0.759. The van der Waals surface area contributed by atoms with E-state index < -0.39 is 0 Å². The van der Waals surface area contributed by atoms with Crippen LogP contribution in [0.3, 0.4) is 0 Å². The quantitative estimate of drug-likeness (QED) is 0.138. The molecule has 3 nitrogen and oxygen atoms in total. The first-order valence-corrected chi connectivity index (χ1v) is 19.5. The Balaban J connectivity index is 1.13. The smallest absolute Gasteiger partial charge is 0.145 e. The summed E-state index contributed by atoms with van der Waals surface area (Å²) in [7, 11) is 0. The maximum absolute atomic E-state index is 6.92. The van der Waals surface area contributed by atoms with Crippen molar-refractivity contribution >= 4 is 55.9 Å². The number of benzene rings is 7. The second-order valence-corrected chi connectivity index (χ2v) is 14.5. The van der Waals surface area contributed by atoms with Gasteiger partial charge < -0.3 is 13.7 Å². The van der Waals surface area contributed by atoms with Crippen LogP contribution in [0.2, 0.25) is 0 Å². The van der Waals surface area contributed by atoms with E-state index >= 15 is 0 Å².